The molecule has 0 fully saturated rings. The quantitative estimate of drug-likeness (QED) is 0.268. The third kappa shape index (κ3) is 7.35. The fourth-order valence-electron chi connectivity index (χ4n) is 2.91. The fourth-order valence-corrected chi connectivity index (χ4v) is 3.00. The van der Waals surface area contributed by atoms with E-state index in [-0.39, 0.29) is 18.6 Å². The number of aliphatic hydroxyl groups excluding tert-OH is 1. The number of hydrogen-bond donors (Lipinski definition) is 1. The predicted molar refractivity (Wildman–Crippen MR) is 123 cm³/mol. The standard InChI is InChI=1S/C25H33ClO4/c1-5-14-28-17-22(27)18-30-24-12-8-21(9-13-24)25(3,4)20-6-10-23(11-7-20)29-16-19(2)15-26/h5-13,19,22,27H,1,14-18H2,2-4H3/t19-,22-/m1/s1. The molecule has 0 radical (unpaired) electrons. The van der Waals surface area contributed by atoms with E-state index >= 15 is 0 Å². The van der Waals surface area contributed by atoms with Crippen molar-refractivity contribution in [3.8, 4) is 11.5 Å². The molecule has 0 unspecified atom stereocenters. The number of hydrogen-bond acceptors (Lipinski definition) is 4. The van der Waals surface area contributed by atoms with Crippen LogP contribution >= 0.6 is 11.6 Å². The minimum absolute atomic E-state index is 0.168. The van der Waals surface area contributed by atoms with Crippen molar-refractivity contribution in [2.75, 3.05) is 32.3 Å². The van der Waals surface area contributed by atoms with Crippen molar-refractivity contribution in [3.63, 3.8) is 0 Å². The molecule has 2 aromatic carbocycles. The number of alkyl halides is 1. The molecule has 0 heterocycles. The zero-order valence-electron chi connectivity index (χ0n) is 18.1. The van der Waals surface area contributed by atoms with Gasteiger partial charge in [0, 0.05) is 17.2 Å². The molecule has 2 aromatic rings. The maximum atomic E-state index is 9.87. The minimum Gasteiger partial charge on any atom is -0.493 e. The minimum atomic E-state index is -0.672. The number of ether oxygens (including phenoxy) is 3. The number of rotatable bonds is 13. The molecule has 5 heteroatoms. The van der Waals surface area contributed by atoms with Crippen LogP contribution in [-0.2, 0) is 10.2 Å². The molecular formula is C25H33ClO4. The van der Waals surface area contributed by atoms with Crippen molar-refractivity contribution in [1.82, 2.24) is 0 Å². The SMILES string of the molecule is C=CCOC[C@@H](O)COc1ccc(C(C)(C)c2ccc(OC[C@H](C)CCl)cc2)cc1. The first-order valence-corrected chi connectivity index (χ1v) is 10.8. The van der Waals surface area contributed by atoms with Gasteiger partial charge in [0.2, 0.25) is 0 Å². The van der Waals surface area contributed by atoms with Crippen molar-refractivity contribution in [2.24, 2.45) is 5.92 Å². The highest BCUT2D eigenvalue weighted by Gasteiger charge is 2.23. The second-order valence-electron chi connectivity index (χ2n) is 8.04. The summed E-state index contributed by atoms with van der Waals surface area (Å²) in [5, 5.41) is 9.87. The largest absolute Gasteiger partial charge is 0.493 e. The van der Waals surface area contributed by atoms with Crippen molar-refractivity contribution >= 4 is 11.6 Å². The van der Waals surface area contributed by atoms with E-state index in [1.54, 1.807) is 6.08 Å². The molecule has 0 aliphatic heterocycles. The summed E-state index contributed by atoms with van der Waals surface area (Å²) in [6.07, 6.45) is 0.978. The lowest BCUT2D eigenvalue weighted by molar-refractivity contribution is 0.0214. The normalized spacial score (nSPS) is 13.5. The first kappa shape index (κ1) is 24.3. The van der Waals surface area contributed by atoms with Gasteiger partial charge in [-0.15, -0.1) is 18.2 Å². The van der Waals surface area contributed by atoms with Crippen LogP contribution in [0.4, 0.5) is 0 Å². The molecule has 1 N–H and O–H groups in total. The van der Waals surface area contributed by atoms with E-state index in [2.05, 4.69) is 51.6 Å². The Hall–Kier alpha value is -2.01. The molecule has 0 saturated carbocycles. The topological polar surface area (TPSA) is 47.9 Å². The van der Waals surface area contributed by atoms with Crippen molar-refractivity contribution in [1.29, 1.82) is 0 Å². The van der Waals surface area contributed by atoms with Crippen LogP contribution in [0, 0.1) is 5.92 Å². The van der Waals surface area contributed by atoms with Crippen LogP contribution in [0.3, 0.4) is 0 Å². The van der Waals surface area contributed by atoms with E-state index in [0.29, 0.717) is 25.0 Å². The summed E-state index contributed by atoms with van der Waals surface area (Å²) < 4.78 is 16.7. The van der Waals surface area contributed by atoms with Gasteiger partial charge in [-0.25, -0.2) is 0 Å². The number of halogens is 1. The second-order valence-corrected chi connectivity index (χ2v) is 8.34. The first-order chi connectivity index (χ1) is 14.4. The summed E-state index contributed by atoms with van der Waals surface area (Å²) in [7, 11) is 0. The van der Waals surface area contributed by atoms with Crippen LogP contribution in [-0.4, -0.2) is 43.5 Å². The van der Waals surface area contributed by atoms with Gasteiger partial charge >= 0.3 is 0 Å². The zero-order valence-corrected chi connectivity index (χ0v) is 18.9. The van der Waals surface area contributed by atoms with Crippen molar-refractivity contribution < 1.29 is 19.3 Å². The Kier molecular flexibility index (Phi) is 9.70. The highest BCUT2D eigenvalue weighted by molar-refractivity contribution is 6.18. The van der Waals surface area contributed by atoms with Crippen LogP contribution in [0.5, 0.6) is 11.5 Å². The molecular weight excluding hydrogens is 400 g/mol. The van der Waals surface area contributed by atoms with Gasteiger partial charge in [0.1, 0.15) is 24.2 Å². The Morgan fingerprint density at radius 3 is 1.90 bits per heavy atom. The first-order valence-electron chi connectivity index (χ1n) is 10.3. The average molecular weight is 433 g/mol. The van der Waals surface area contributed by atoms with Crippen LogP contribution in [0.2, 0.25) is 0 Å². The lowest BCUT2D eigenvalue weighted by Crippen LogP contribution is -2.23. The number of benzene rings is 2. The summed E-state index contributed by atoms with van der Waals surface area (Å²) >= 11 is 5.83. The average Bonchev–Trinajstić information content (AvgIpc) is 2.76. The highest BCUT2D eigenvalue weighted by Crippen LogP contribution is 2.33. The van der Waals surface area contributed by atoms with Crippen LogP contribution in [0.15, 0.2) is 61.2 Å². The molecule has 0 amide bonds. The van der Waals surface area contributed by atoms with Gasteiger partial charge < -0.3 is 19.3 Å². The van der Waals surface area contributed by atoms with Crippen LogP contribution in [0.1, 0.15) is 31.9 Å². The highest BCUT2D eigenvalue weighted by atomic mass is 35.5. The summed E-state index contributed by atoms with van der Waals surface area (Å²) in [4.78, 5) is 0. The molecule has 0 bridgehead atoms. The summed E-state index contributed by atoms with van der Waals surface area (Å²) in [5.74, 6) is 2.48. The van der Waals surface area contributed by atoms with E-state index in [9.17, 15) is 5.11 Å². The van der Waals surface area contributed by atoms with Gasteiger partial charge in [-0.1, -0.05) is 51.1 Å². The Balaban J connectivity index is 1.94. The molecule has 0 spiro atoms. The third-order valence-electron chi connectivity index (χ3n) is 4.94. The van der Waals surface area contributed by atoms with E-state index in [1.165, 1.54) is 11.1 Å². The van der Waals surface area contributed by atoms with Gasteiger partial charge in [-0.3, -0.25) is 0 Å². The maximum Gasteiger partial charge on any atom is 0.119 e. The van der Waals surface area contributed by atoms with Crippen molar-refractivity contribution in [3.05, 3.63) is 72.3 Å². The Labute approximate surface area is 185 Å². The van der Waals surface area contributed by atoms with E-state index in [1.807, 2.05) is 24.3 Å². The van der Waals surface area contributed by atoms with Gasteiger partial charge in [0.15, 0.2) is 0 Å². The van der Waals surface area contributed by atoms with Crippen LogP contribution in [0.25, 0.3) is 0 Å². The van der Waals surface area contributed by atoms with E-state index in [4.69, 9.17) is 25.8 Å². The van der Waals surface area contributed by atoms with E-state index in [0.717, 1.165) is 11.5 Å². The molecule has 2 rings (SSSR count). The Bertz CT molecular complexity index is 756. The zero-order chi connectivity index (χ0) is 22.0. The van der Waals surface area contributed by atoms with Crippen LogP contribution < -0.4 is 9.47 Å². The third-order valence-corrected chi connectivity index (χ3v) is 5.47. The van der Waals surface area contributed by atoms with Gasteiger partial charge in [0.05, 0.1) is 19.8 Å². The summed E-state index contributed by atoms with van der Waals surface area (Å²) in [6, 6.07) is 16.2. The van der Waals surface area contributed by atoms with Gasteiger partial charge in [-0.05, 0) is 35.4 Å². The van der Waals surface area contributed by atoms with Gasteiger partial charge in [0.25, 0.3) is 0 Å². The molecule has 4 nitrogen and oxygen atoms in total. The Morgan fingerprint density at radius 1 is 0.933 bits per heavy atom. The number of aliphatic hydroxyl groups is 1. The second kappa shape index (κ2) is 12.0. The fraction of sp³-hybridized carbons (Fsp3) is 0.440. The van der Waals surface area contributed by atoms with E-state index < -0.39 is 6.10 Å². The molecule has 164 valence electrons. The van der Waals surface area contributed by atoms with Gasteiger partial charge in [-0.2, -0.15) is 0 Å². The smallest absolute Gasteiger partial charge is 0.119 e. The molecule has 30 heavy (non-hydrogen) atoms. The van der Waals surface area contributed by atoms with Crippen molar-refractivity contribution in [2.45, 2.75) is 32.3 Å². The Morgan fingerprint density at radius 2 is 1.43 bits per heavy atom. The molecule has 0 aliphatic rings. The maximum absolute atomic E-state index is 9.87. The molecule has 2 atom stereocenters. The molecule has 0 aliphatic carbocycles. The molecule has 0 aromatic heterocycles. The lowest BCUT2D eigenvalue weighted by Gasteiger charge is -2.26. The molecule has 0 saturated heterocycles. The lowest BCUT2D eigenvalue weighted by atomic mass is 9.78. The monoisotopic (exact) mass is 432 g/mol. The summed E-state index contributed by atoms with van der Waals surface area (Å²) in [6.45, 7) is 11.5. The predicted octanol–water partition coefficient (Wildman–Crippen LogP) is 5.21. The summed E-state index contributed by atoms with van der Waals surface area (Å²) in [5.41, 5.74) is 2.20.